The van der Waals surface area contributed by atoms with Crippen LogP contribution in [-0.2, 0) is 25.2 Å². The number of halogens is 1. The summed E-state index contributed by atoms with van der Waals surface area (Å²) in [5.41, 5.74) is 0.851. The molecule has 2 fully saturated rings. The number of hydroxylamine groups is 2. The van der Waals surface area contributed by atoms with Crippen LogP contribution in [0.2, 0.25) is 0 Å². The fraction of sp³-hybridized carbons (Fsp3) is 0.565. The smallest absolute Gasteiger partial charge is 0.274 e. The summed E-state index contributed by atoms with van der Waals surface area (Å²) >= 11 is 0. The maximum atomic E-state index is 14.7. The van der Waals surface area contributed by atoms with E-state index in [0.717, 1.165) is 6.07 Å². The average Bonchev–Trinajstić information content (AvgIpc) is 3.36. The Hall–Kier alpha value is -2.34. The first-order valence-corrected chi connectivity index (χ1v) is 13.1. The Bertz CT molecular complexity index is 1230. The molecule has 0 saturated carbocycles. The molecule has 3 aliphatic heterocycles. The Morgan fingerprint density at radius 1 is 1.21 bits per heavy atom. The number of sulfone groups is 1. The molecule has 9 nitrogen and oxygen atoms in total. The minimum atomic E-state index is -3.98. The first-order valence-electron chi connectivity index (χ1n) is 11.5. The van der Waals surface area contributed by atoms with Crippen LogP contribution in [0.4, 0.5) is 4.39 Å². The Morgan fingerprint density at radius 3 is 2.65 bits per heavy atom. The van der Waals surface area contributed by atoms with Gasteiger partial charge >= 0.3 is 0 Å². The largest absolute Gasteiger partial charge is 0.378 e. The third kappa shape index (κ3) is 4.15. The van der Waals surface area contributed by atoms with Crippen molar-refractivity contribution in [3.8, 4) is 11.3 Å². The summed E-state index contributed by atoms with van der Waals surface area (Å²) in [7, 11) is -3.98. The summed E-state index contributed by atoms with van der Waals surface area (Å²) < 4.78 is 48.0. The molecular formula is C23H29FN4O5S. The number of benzene rings is 1. The number of ether oxygens (including phenoxy) is 1. The van der Waals surface area contributed by atoms with Crippen LogP contribution in [0.1, 0.15) is 49.3 Å². The molecule has 0 unspecified atom stereocenters. The number of fused-ring (bicyclic) bond motifs is 3. The zero-order chi connectivity index (χ0) is 24.3. The number of hydrogen-bond acceptors (Lipinski definition) is 7. The van der Waals surface area contributed by atoms with Gasteiger partial charge in [-0.3, -0.25) is 14.3 Å². The molecule has 0 bridgehead atoms. The number of rotatable bonds is 3. The first kappa shape index (κ1) is 23.4. The topological polar surface area (TPSA) is 94.0 Å². The monoisotopic (exact) mass is 492 g/mol. The van der Waals surface area contributed by atoms with Crippen LogP contribution in [0.15, 0.2) is 23.1 Å². The Kier molecular flexibility index (Phi) is 5.78. The molecular weight excluding hydrogens is 463 g/mol. The highest BCUT2D eigenvalue weighted by Gasteiger charge is 2.41. The Morgan fingerprint density at radius 2 is 1.94 bits per heavy atom. The molecule has 0 N–H and O–H groups in total. The molecule has 5 rings (SSSR count). The molecule has 0 radical (unpaired) electrons. The van der Waals surface area contributed by atoms with Gasteiger partial charge in [0.15, 0.2) is 15.5 Å². The standard InChI is InChI=1S/C23H29FN4O5S/c1-23(2,3)33-27-8-7-15(13-27)28-20-16-5-4-6-18(24)21(16)34(30,31)14-17(20)19(25-28)22(29)26-9-11-32-12-10-26/h4-6,15H,7-14H2,1-3H3/t15-/m1/s1. The predicted molar refractivity (Wildman–Crippen MR) is 121 cm³/mol. The predicted octanol–water partition coefficient (Wildman–Crippen LogP) is 2.43. The third-order valence-corrected chi connectivity index (χ3v) is 7.96. The van der Waals surface area contributed by atoms with Gasteiger partial charge in [-0.15, -0.1) is 0 Å². The van der Waals surface area contributed by atoms with E-state index in [4.69, 9.17) is 9.57 Å². The van der Waals surface area contributed by atoms with E-state index in [1.807, 2.05) is 25.8 Å². The lowest BCUT2D eigenvalue weighted by Gasteiger charge is -2.27. The SMILES string of the molecule is CC(C)(C)ON1CC[C@@H](n2nc(C(=O)N3CCOCC3)c3c2-c2cccc(F)c2S(=O)(=O)C3)C1. The molecule has 2 saturated heterocycles. The van der Waals surface area contributed by atoms with Gasteiger partial charge in [-0.1, -0.05) is 12.1 Å². The van der Waals surface area contributed by atoms with Crippen molar-refractivity contribution in [1.29, 1.82) is 0 Å². The molecule has 184 valence electrons. The quantitative estimate of drug-likeness (QED) is 0.650. The van der Waals surface area contributed by atoms with Crippen molar-refractivity contribution in [2.75, 3.05) is 39.4 Å². The van der Waals surface area contributed by atoms with Crippen molar-refractivity contribution in [3.05, 3.63) is 35.3 Å². The number of amides is 1. The van der Waals surface area contributed by atoms with Gasteiger partial charge in [-0.2, -0.15) is 10.2 Å². The van der Waals surface area contributed by atoms with Crippen molar-refractivity contribution >= 4 is 15.7 Å². The van der Waals surface area contributed by atoms with Crippen molar-refractivity contribution < 1.29 is 27.2 Å². The van der Waals surface area contributed by atoms with Crippen molar-refractivity contribution in [1.82, 2.24) is 19.7 Å². The summed E-state index contributed by atoms with van der Waals surface area (Å²) in [6.07, 6.45) is 0.701. The van der Waals surface area contributed by atoms with Gasteiger partial charge in [-0.25, -0.2) is 12.8 Å². The van der Waals surface area contributed by atoms with Crippen LogP contribution < -0.4 is 0 Å². The molecule has 1 aromatic carbocycles. The van der Waals surface area contributed by atoms with Gasteiger partial charge in [0.05, 0.1) is 36.3 Å². The van der Waals surface area contributed by atoms with E-state index in [1.165, 1.54) is 6.07 Å². The van der Waals surface area contributed by atoms with Crippen LogP contribution in [0.5, 0.6) is 0 Å². The molecule has 1 atom stereocenters. The zero-order valence-electron chi connectivity index (χ0n) is 19.6. The lowest BCUT2D eigenvalue weighted by molar-refractivity contribution is -0.217. The maximum absolute atomic E-state index is 14.7. The van der Waals surface area contributed by atoms with Crippen molar-refractivity contribution in [2.45, 2.75) is 49.5 Å². The molecule has 2 aromatic rings. The highest BCUT2D eigenvalue weighted by molar-refractivity contribution is 7.91. The van der Waals surface area contributed by atoms with Crippen LogP contribution in [0.25, 0.3) is 11.3 Å². The Balaban J connectivity index is 1.62. The first-order chi connectivity index (χ1) is 16.0. The zero-order valence-corrected chi connectivity index (χ0v) is 20.4. The second-order valence-corrected chi connectivity index (χ2v) is 11.9. The van der Waals surface area contributed by atoms with Gasteiger partial charge < -0.3 is 9.64 Å². The minimum Gasteiger partial charge on any atom is -0.378 e. The van der Waals surface area contributed by atoms with Gasteiger partial charge in [0.25, 0.3) is 5.91 Å². The lowest BCUT2D eigenvalue weighted by Crippen LogP contribution is -2.41. The van der Waals surface area contributed by atoms with E-state index in [9.17, 15) is 17.6 Å². The van der Waals surface area contributed by atoms with Crippen LogP contribution in [0, 0.1) is 5.82 Å². The van der Waals surface area contributed by atoms with E-state index < -0.39 is 21.4 Å². The van der Waals surface area contributed by atoms with Gasteiger partial charge in [0, 0.05) is 37.3 Å². The van der Waals surface area contributed by atoms with E-state index in [1.54, 1.807) is 15.6 Å². The molecule has 3 aliphatic rings. The third-order valence-electron chi connectivity index (χ3n) is 6.25. The summed E-state index contributed by atoms with van der Waals surface area (Å²) in [5.74, 6) is -1.58. The highest BCUT2D eigenvalue weighted by atomic mass is 32.2. The van der Waals surface area contributed by atoms with Crippen LogP contribution in [0.3, 0.4) is 0 Å². The molecule has 34 heavy (non-hydrogen) atoms. The molecule has 1 amide bonds. The number of aromatic nitrogens is 2. The number of morpholine rings is 1. The molecule has 0 aliphatic carbocycles. The van der Waals surface area contributed by atoms with Crippen molar-refractivity contribution in [2.24, 2.45) is 0 Å². The average molecular weight is 493 g/mol. The number of carbonyl (C=O) groups excluding carboxylic acids is 1. The summed E-state index contributed by atoms with van der Waals surface area (Å²) in [6, 6.07) is 4.08. The van der Waals surface area contributed by atoms with Gasteiger partial charge in [-0.05, 0) is 33.3 Å². The summed E-state index contributed by atoms with van der Waals surface area (Å²) in [4.78, 5) is 20.8. The van der Waals surface area contributed by atoms with E-state index in [2.05, 4.69) is 5.10 Å². The summed E-state index contributed by atoms with van der Waals surface area (Å²) in [6.45, 7) is 8.76. The fourth-order valence-electron chi connectivity index (χ4n) is 4.90. The van der Waals surface area contributed by atoms with E-state index in [-0.39, 0.29) is 33.7 Å². The van der Waals surface area contributed by atoms with Gasteiger partial charge in [0.2, 0.25) is 0 Å². The van der Waals surface area contributed by atoms with Crippen LogP contribution in [-0.4, -0.2) is 79.1 Å². The fourth-order valence-corrected chi connectivity index (χ4v) is 6.56. The number of hydrogen-bond donors (Lipinski definition) is 0. The van der Waals surface area contributed by atoms with Gasteiger partial charge in [0.1, 0.15) is 10.7 Å². The molecule has 11 heteroatoms. The lowest BCUT2D eigenvalue weighted by atomic mass is 10.0. The second-order valence-electron chi connectivity index (χ2n) is 9.93. The number of carbonyl (C=O) groups is 1. The van der Waals surface area contributed by atoms with Crippen molar-refractivity contribution in [3.63, 3.8) is 0 Å². The molecule has 1 aromatic heterocycles. The number of nitrogens with zero attached hydrogens (tertiary/aromatic N) is 4. The van der Waals surface area contributed by atoms with Crippen LogP contribution >= 0.6 is 0 Å². The van der Waals surface area contributed by atoms with E-state index in [0.29, 0.717) is 57.1 Å². The second kappa shape index (κ2) is 8.40. The molecule has 0 spiro atoms. The maximum Gasteiger partial charge on any atom is 0.274 e. The highest BCUT2D eigenvalue weighted by Crippen LogP contribution is 2.43. The summed E-state index contributed by atoms with van der Waals surface area (Å²) in [5, 5.41) is 6.56. The van der Waals surface area contributed by atoms with E-state index >= 15 is 0 Å². The normalized spacial score (nSPS) is 22.5. The Labute approximate surface area is 198 Å². The molecule has 4 heterocycles. The minimum absolute atomic E-state index is 0.116.